The van der Waals surface area contributed by atoms with Gasteiger partial charge in [-0.05, 0) is 26.7 Å². The number of rotatable bonds is 4. The number of carbonyl (C=O) groups excluding carboxylic acids is 2. The Labute approximate surface area is 103 Å². The number of hydrogen-bond acceptors (Lipinski definition) is 2. The van der Waals surface area contributed by atoms with E-state index < -0.39 is 0 Å². The first-order valence-electron chi connectivity index (χ1n) is 6.31. The molecule has 96 valence electrons. The lowest BCUT2D eigenvalue weighted by molar-refractivity contribution is -0.141. The predicted molar refractivity (Wildman–Crippen MR) is 67.3 cm³/mol. The summed E-state index contributed by atoms with van der Waals surface area (Å²) >= 11 is 0. The molecule has 17 heavy (non-hydrogen) atoms. The lowest BCUT2D eigenvalue weighted by Gasteiger charge is -2.30. The van der Waals surface area contributed by atoms with E-state index >= 15 is 0 Å². The normalized spacial score (nSPS) is 23.2. The molecule has 1 aliphatic rings. The third-order valence-corrected chi connectivity index (χ3v) is 3.41. The summed E-state index contributed by atoms with van der Waals surface area (Å²) in [6.45, 7) is 5.34. The summed E-state index contributed by atoms with van der Waals surface area (Å²) in [6, 6.07) is 0. The first-order valence-corrected chi connectivity index (χ1v) is 6.31. The molecule has 0 aromatic carbocycles. The summed E-state index contributed by atoms with van der Waals surface area (Å²) in [6.07, 6.45) is 5.34. The number of nitrogens with zero attached hydrogens (tertiary/aromatic N) is 1. The van der Waals surface area contributed by atoms with Gasteiger partial charge in [0.25, 0.3) is 0 Å². The number of nitrogens with one attached hydrogen (secondary N) is 1. The monoisotopic (exact) mass is 238 g/mol. The molecule has 0 saturated heterocycles. The Morgan fingerprint density at radius 2 is 1.71 bits per heavy atom. The van der Waals surface area contributed by atoms with Crippen LogP contribution >= 0.6 is 0 Å². The summed E-state index contributed by atoms with van der Waals surface area (Å²) in [4.78, 5) is 25.9. The molecule has 1 N–H and O–H groups in total. The van der Waals surface area contributed by atoms with Crippen molar-refractivity contribution in [3.8, 4) is 0 Å². The van der Waals surface area contributed by atoms with Crippen LogP contribution in [0, 0.1) is 11.8 Å². The van der Waals surface area contributed by atoms with Gasteiger partial charge < -0.3 is 10.2 Å². The molecule has 4 nitrogen and oxygen atoms in total. The molecule has 0 aromatic rings. The van der Waals surface area contributed by atoms with Gasteiger partial charge in [0.05, 0.1) is 11.8 Å². The number of carbonyl (C=O) groups is 2. The SMILES string of the molecule is CCN(CC)C(=O)C1CC=CCC1C(=O)NC. The Morgan fingerprint density at radius 1 is 1.18 bits per heavy atom. The van der Waals surface area contributed by atoms with Crippen LogP contribution < -0.4 is 5.32 Å². The highest BCUT2D eigenvalue weighted by atomic mass is 16.2. The predicted octanol–water partition coefficient (Wildman–Crippen LogP) is 1.18. The van der Waals surface area contributed by atoms with Crippen molar-refractivity contribution in [1.82, 2.24) is 10.2 Å². The minimum atomic E-state index is -0.210. The van der Waals surface area contributed by atoms with Crippen LogP contribution in [0.2, 0.25) is 0 Å². The van der Waals surface area contributed by atoms with E-state index in [4.69, 9.17) is 0 Å². The molecule has 0 saturated carbocycles. The highest BCUT2D eigenvalue weighted by molar-refractivity contribution is 5.88. The van der Waals surface area contributed by atoms with Gasteiger partial charge in [-0.3, -0.25) is 9.59 Å². The first-order chi connectivity index (χ1) is 8.15. The lowest BCUT2D eigenvalue weighted by atomic mass is 9.81. The highest BCUT2D eigenvalue weighted by Gasteiger charge is 2.35. The topological polar surface area (TPSA) is 49.4 Å². The Hall–Kier alpha value is -1.32. The van der Waals surface area contributed by atoms with Crippen molar-refractivity contribution in [2.45, 2.75) is 26.7 Å². The van der Waals surface area contributed by atoms with Crippen molar-refractivity contribution < 1.29 is 9.59 Å². The molecule has 1 aliphatic carbocycles. The van der Waals surface area contributed by atoms with E-state index in [1.54, 1.807) is 11.9 Å². The summed E-state index contributed by atoms with van der Waals surface area (Å²) in [5, 5.41) is 2.65. The molecule has 1 rings (SSSR count). The van der Waals surface area contributed by atoms with Crippen molar-refractivity contribution in [2.24, 2.45) is 11.8 Å². The second kappa shape index (κ2) is 6.42. The van der Waals surface area contributed by atoms with Gasteiger partial charge in [-0.1, -0.05) is 12.2 Å². The van der Waals surface area contributed by atoms with Crippen molar-refractivity contribution >= 4 is 11.8 Å². The van der Waals surface area contributed by atoms with Gasteiger partial charge in [-0.25, -0.2) is 0 Å². The number of amides is 2. The van der Waals surface area contributed by atoms with E-state index in [-0.39, 0.29) is 23.7 Å². The largest absolute Gasteiger partial charge is 0.359 e. The van der Waals surface area contributed by atoms with E-state index in [0.717, 1.165) is 0 Å². The number of allylic oxidation sites excluding steroid dienone is 2. The zero-order chi connectivity index (χ0) is 12.8. The Kier molecular flexibility index (Phi) is 5.19. The molecule has 0 spiro atoms. The van der Waals surface area contributed by atoms with E-state index in [0.29, 0.717) is 25.9 Å². The van der Waals surface area contributed by atoms with Gasteiger partial charge in [-0.15, -0.1) is 0 Å². The van der Waals surface area contributed by atoms with E-state index in [2.05, 4.69) is 5.32 Å². The molecule has 4 heteroatoms. The minimum absolute atomic E-state index is 0.0279. The fourth-order valence-electron chi connectivity index (χ4n) is 2.33. The average Bonchev–Trinajstić information content (AvgIpc) is 2.39. The smallest absolute Gasteiger partial charge is 0.226 e. The fraction of sp³-hybridized carbons (Fsp3) is 0.692. The van der Waals surface area contributed by atoms with Crippen molar-refractivity contribution in [2.75, 3.05) is 20.1 Å². The first kappa shape index (κ1) is 13.7. The van der Waals surface area contributed by atoms with Gasteiger partial charge in [0, 0.05) is 20.1 Å². The average molecular weight is 238 g/mol. The molecule has 2 atom stereocenters. The fourth-order valence-corrected chi connectivity index (χ4v) is 2.33. The maximum Gasteiger partial charge on any atom is 0.226 e. The zero-order valence-electron chi connectivity index (χ0n) is 10.9. The Balaban J connectivity index is 2.81. The third-order valence-electron chi connectivity index (χ3n) is 3.41. The van der Waals surface area contributed by atoms with Crippen LogP contribution in [0.4, 0.5) is 0 Å². The van der Waals surface area contributed by atoms with Crippen LogP contribution in [0.1, 0.15) is 26.7 Å². The molecule has 2 amide bonds. The summed E-state index contributed by atoms with van der Waals surface area (Å²) in [5.41, 5.74) is 0. The van der Waals surface area contributed by atoms with Gasteiger partial charge in [0.1, 0.15) is 0 Å². The molecule has 0 fully saturated rings. The Bertz CT molecular complexity index is 309. The van der Waals surface area contributed by atoms with Gasteiger partial charge in [-0.2, -0.15) is 0 Å². The molecule has 0 bridgehead atoms. The summed E-state index contributed by atoms with van der Waals surface area (Å²) in [5.74, 6) is -0.328. The van der Waals surface area contributed by atoms with Gasteiger partial charge in [0.15, 0.2) is 0 Å². The molecule has 0 aromatic heterocycles. The summed E-state index contributed by atoms with van der Waals surface area (Å²) in [7, 11) is 1.62. The summed E-state index contributed by atoms with van der Waals surface area (Å²) < 4.78 is 0. The second-order valence-electron chi connectivity index (χ2n) is 4.28. The van der Waals surface area contributed by atoms with Gasteiger partial charge >= 0.3 is 0 Å². The van der Waals surface area contributed by atoms with E-state index in [1.807, 2.05) is 26.0 Å². The lowest BCUT2D eigenvalue weighted by Crippen LogP contribution is -2.44. The van der Waals surface area contributed by atoms with Gasteiger partial charge in [0.2, 0.25) is 11.8 Å². The van der Waals surface area contributed by atoms with Crippen LogP contribution in [0.15, 0.2) is 12.2 Å². The molecule has 2 unspecified atom stereocenters. The van der Waals surface area contributed by atoms with E-state index in [9.17, 15) is 9.59 Å². The van der Waals surface area contributed by atoms with Crippen LogP contribution in [0.3, 0.4) is 0 Å². The van der Waals surface area contributed by atoms with Crippen molar-refractivity contribution in [3.05, 3.63) is 12.2 Å². The highest BCUT2D eigenvalue weighted by Crippen LogP contribution is 2.27. The van der Waals surface area contributed by atoms with Crippen LogP contribution in [-0.2, 0) is 9.59 Å². The minimum Gasteiger partial charge on any atom is -0.359 e. The molecular formula is C13H22N2O2. The molecule has 0 radical (unpaired) electrons. The second-order valence-corrected chi connectivity index (χ2v) is 4.28. The quantitative estimate of drug-likeness (QED) is 0.748. The van der Waals surface area contributed by atoms with Crippen molar-refractivity contribution in [3.63, 3.8) is 0 Å². The molecule has 0 aliphatic heterocycles. The van der Waals surface area contributed by atoms with Crippen LogP contribution in [-0.4, -0.2) is 36.9 Å². The molecule has 0 heterocycles. The Morgan fingerprint density at radius 3 is 2.18 bits per heavy atom. The maximum absolute atomic E-state index is 12.3. The van der Waals surface area contributed by atoms with E-state index in [1.165, 1.54) is 0 Å². The zero-order valence-corrected chi connectivity index (χ0v) is 10.9. The van der Waals surface area contributed by atoms with Crippen LogP contribution in [0.5, 0.6) is 0 Å². The maximum atomic E-state index is 12.3. The number of hydrogen-bond donors (Lipinski definition) is 1. The standard InChI is InChI=1S/C13H22N2O2/c1-4-15(5-2)13(17)11-9-7-6-8-10(11)12(16)14-3/h6-7,10-11H,4-5,8-9H2,1-3H3,(H,14,16). The van der Waals surface area contributed by atoms with Crippen molar-refractivity contribution in [1.29, 1.82) is 0 Å². The third kappa shape index (κ3) is 3.08. The molecular weight excluding hydrogens is 216 g/mol. The van der Waals surface area contributed by atoms with Crippen LogP contribution in [0.25, 0.3) is 0 Å².